The van der Waals surface area contributed by atoms with Crippen molar-refractivity contribution in [3.05, 3.63) is 65.2 Å². The molecule has 2 aromatic carbocycles. The van der Waals surface area contributed by atoms with Gasteiger partial charge in [-0.1, -0.05) is 42.5 Å². The molecule has 0 radical (unpaired) electrons. The third kappa shape index (κ3) is 3.95. The van der Waals surface area contributed by atoms with Gasteiger partial charge < -0.3 is 14.2 Å². The summed E-state index contributed by atoms with van der Waals surface area (Å²) in [5.74, 6) is 0.0172. The zero-order chi connectivity index (χ0) is 17.6. The minimum Gasteiger partial charge on any atom is -0.424 e. The van der Waals surface area contributed by atoms with E-state index >= 15 is 0 Å². The number of Topliss-reactive ketones (excluding diaryl/α,β-unsaturated/α-hetero) is 1. The number of ketones is 1. The Balaban J connectivity index is 1.80. The molecule has 0 fully saturated rings. The molecule has 0 amide bonds. The van der Waals surface area contributed by atoms with Crippen molar-refractivity contribution in [1.29, 1.82) is 0 Å². The van der Waals surface area contributed by atoms with Crippen molar-refractivity contribution in [2.24, 2.45) is 0 Å². The molecule has 0 spiro atoms. The number of esters is 1. The highest BCUT2D eigenvalue weighted by Crippen LogP contribution is 2.31. The summed E-state index contributed by atoms with van der Waals surface area (Å²) in [7, 11) is 1.57. The van der Waals surface area contributed by atoms with Gasteiger partial charge in [0, 0.05) is 24.7 Å². The number of carbonyl (C=O) groups excluding carboxylic acids is 2. The minimum atomic E-state index is -0.843. The van der Waals surface area contributed by atoms with Crippen molar-refractivity contribution < 1.29 is 23.8 Å². The maximum atomic E-state index is 12.7. The van der Waals surface area contributed by atoms with E-state index in [-0.39, 0.29) is 12.4 Å². The molecule has 1 unspecified atom stereocenters. The average molecular weight is 340 g/mol. The van der Waals surface area contributed by atoms with E-state index in [1.807, 2.05) is 30.3 Å². The lowest BCUT2D eigenvalue weighted by molar-refractivity contribution is -0.148. The molecule has 25 heavy (non-hydrogen) atoms. The summed E-state index contributed by atoms with van der Waals surface area (Å²) in [4.78, 5) is 24.6. The topological polar surface area (TPSA) is 61.8 Å². The first-order valence-corrected chi connectivity index (χ1v) is 8.23. The second-order valence-corrected chi connectivity index (χ2v) is 5.78. The molecule has 5 heteroatoms. The van der Waals surface area contributed by atoms with Crippen LogP contribution in [0.2, 0.25) is 0 Å². The maximum Gasteiger partial charge on any atom is 0.345 e. The predicted octanol–water partition coefficient (Wildman–Crippen LogP) is 3.13. The Morgan fingerprint density at radius 1 is 1.04 bits per heavy atom. The summed E-state index contributed by atoms with van der Waals surface area (Å²) in [5.41, 5.74) is 2.15. The molecule has 1 aliphatic carbocycles. The first-order chi connectivity index (χ1) is 12.2. The monoisotopic (exact) mass is 340 g/mol. The van der Waals surface area contributed by atoms with E-state index in [2.05, 4.69) is 0 Å². The van der Waals surface area contributed by atoms with Crippen LogP contribution in [0.3, 0.4) is 0 Å². The molecule has 5 nitrogen and oxygen atoms in total. The lowest BCUT2D eigenvalue weighted by Crippen LogP contribution is -2.23. The molecular formula is C20H20O5. The van der Waals surface area contributed by atoms with Crippen molar-refractivity contribution in [2.75, 3.05) is 20.3 Å². The number of hydrogen-bond donors (Lipinski definition) is 0. The zero-order valence-electron chi connectivity index (χ0n) is 14.1. The Labute approximate surface area is 146 Å². The lowest BCUT2D eigenvalue weighted by Gasteiger charge is -2.18. The summed E-state index contributed by atoms with van der Waals surface area (Å²) in [6.45, 7) is 0.655. The molecule has 0 bridgehead atoms. The molecule has 0 aliphatic heterocycles. The van der Waals surface area contributed by atoms with Gasteiger partial charge in [0.05, 0.1) is 13.2 Å². The van der Waals surface area contributed by atoms with Crippen molar-refractivity contribution in [3.63, 3.8) is 0 Å². The lowest BCUT2D eigenvalue weighted by atomic mass is 10.1. The van der Waals surface area contributed by atoms with Gasteiger partial charge in [-0.25, -0.2) is 4.79 Å². The van der Waals surface area contributed by atoms with Crippen LogP contribution in [0.5, 0.6) is 5.75 Å². The quantitative estimate of drug-likeness (QED) is 0.440. The summed E-state index contributed by atoms with van der Waals surface area (Å²) in [6.07, 6.45) is 0.207. The molecule has 0 saturated heterocycles. The number of methoxy groups -OCH3 is 1. The van der Waals surface area contributed by atoms with E-state index in [9.17, 15) is 9.59 Å². The fraction of sp³-hybridized carbons (Fsp3) is 0.300. The van der Waals surface area contributed by atoms with Crippen molar-refractivity contribution in [1.82, 2.24) is 0 Å². The van der Waals surface area contributed by atoms with Gasteiger partial charge in [0.25, 0.3) is 0 Å². The Bertz CT molecular complexity index is 754. The fourth-order valence-electron chi connectivity index (χ4n) is 2.89. The second kappa shape index (κ2) is 8.05. The maximum absolute atomic E-state index is 12.7. The van der Waals surface area contributed by atoms with Crippen LogP contribution in [0, 0.1) is 0 Å². The van der Waals surface area contributed by atoms with Crippen LogP contribution in [0.4, 0.5) is 0 Å². The summed E-state index contributed by atoms with van der Waals surface area (Å²) in [6, 6.07) is 14.4. The summed E-state index contributed by atoms with van der Waals surface area (Å²) >= 11 is 0. The number of ether oxygens (including phenoxy) is 3. The van der Waals surface area contributed by atoms with Crippen molar-refractivity contribution in [3.8, 4) is 5.75 Å². The van der Waals surface area contributed by atoms with E-state index in [0.717, 1.165) is 5.56 Å². The molecule has 0 saturated carbocycles. The molecule has 0 aromatic heterocycles. The Hall–Kier alpha value is -2.50. The highest BCUT2D eigenvalue weighted by molar-refractivity contribution is 6.01. The van der Waals surface area contributed by atoms with Gasteiger partial charge in [0.2, 0.25) is 0 Å². The first kappa shape index (κ1) is 17.3. The highest BCUT2D eigenvalue weighted by atomic mass is 16.6. The molecule has 2 aromatic rings. The Morgan fingerprint density at radius 3 is 2.60 bits per heavy atom. The summed E-state index contributed by atoms with van der Waals surface area (Å²) < 4.78 is 16.3. The highest BCUT2D eigenvalue weighted by Gasteiger charge is 2.27. The van der Waals surface area contributed by atoms with E-state index < -0.39 is 12.1 Å². The molecule has 1 atom stereocenters. The van der Waals surface area contributed by atoms with E-state index in [1.165, 1.54) is 0 Å². The van der Waals surface area contributed by atoms with Crippen LogP contribution >= 0.6 is 0 Å². The van der Waals surface area contributed by atoms with Gasteiger partial charge in [0.15, 0.2) is 11.9 Å². The van der Waals surface area contributed by atoms with E-state index in [0.29, 0.717) is 36.3 Å². The predicted molar refractivity (Wildman–Crippen MR) is 91.7 cm³/mol. The number of benzene rings is 2. The Kier molecular flexibility index (Phi) is 5.58. The van der Waals surface area contributed by atoms with Gasteiger partial charge in [-0.05, 0) is 18.1 Å². The smallest absolute Gasteiger partial charge is 0.345 e. The SMILES string of the molecule is COCCOC(C(=O)Oc1cccc2c1CCC2=O)c1ccccc1. The second-order valence-electron chi connectivity index (χ2n) is 5.78. The van der Waals surface area contributed by atoms with Gasteiger partial charge in [0.1, 0.15) is 5.75 Å². The van der Waals surface area contributed by atoms with Crippen LogP contribution in [-0.4, -0.2) is 32.1 Å². The van der Waals surface area contributed by atoms with Gasteiger partial charge in [-0.3, -0.25) is 4.79 Å². The van der Waals surface area contributed by atoms with Gasteiger partial charge in [-0.15, -0.1) is 0 Å². The molecule has 1 aliphatic rings. The minimum absolute atomic E-state index is 0.0869. The first-order valence-electron chi connectivity index (χ1n) is 8.23. The molecule has 3 rings (SSSR count). The van der Waals surface area contributed by atoms with Crippen LogP contribution < -0.4 is 4.74 Å². The molecular weight excluding hydrogens is 320 g/mol. The standard InChI is InChI=1S/C20H20O5/c1-23-12-13-24-19(14-6-3-2-4-7-14)20(22)25-18-9-5-8-15-16(18)10-11-17(15)21/h2-9,19H,10-13H2,1H3. The zero-order valence-corrected chi connectivity index (χ0v) is 14.1. The molecule has 0 heterocycles. The van der Waals surface area contributed by atoms with Crippen molar-refractivity contribution >= 4 is 11.8 Å². The van der Waals surface area contributed by atoms with Crippen LogP contribution in [0.15, 0.2) is 48.5 Å². The van der Waals surface area contributed by atoms with Crippen LogP contribution in [0.25, 0.3) is 0 Å². The van der Waals surface area contributed by atoms with E-state index in [1.54, 1.807) is 25.3 Å². The fourth-order valence-corrected chi connectivity index (χ4v) is 2.89. The van der Waals surface area contributed by atoms with Gasteiger partial charge >= 0.3 is 5.97 Å². The average Bonchev–Trinajstić information content (AvgIpc) is 3.02. The number of rotatable bonds is 7. The van der Waals surface area contributed by atoms with E-state index in [4.69, 9.17) is 14.2 Å². The number of fused-ring (bicyclic) bond motifs is 1. The van der Waals surface area contributed by atoms with Crippen molar-refractivity contribution in [2.45, 2.75) is 18.9 Å². The number of carbonyl (C=O) groups is 2. The number of hydrogen-bond acceptors (Lipinski definition) is 5. The third-order valence-corrected chi connectivity index (χ3v) is 4.13. The summed E-state index contributed by atoms with van der Waals surface area (Å²) in [5, 5.41) is 0. The normalized spacial score (nSPS) is 14.2. The van der Waals surface area contributed by atoms with Crippen LogP contribution in [-0.2, 0) is 20.7 Å². The Morgan fingerprint density at radius 2 is 1.84 bits per heavy atom. The van der Waals surface area contributed by atoms with Gasteiger partial charge in [-0.2, -0.15) is 0 Å². The largest absolute Gasteiger partial charge is 0.424 e. The molecule has 130 valence electrons. The third-order valence-electron chi connectivity index (χ3n) is 4.13. The van der Waals surface area contributed by atoms with Crippen LogP contribution in [0.1, 0.15) is 34.0 Å². The molecule has 0 N–H and O–H groups in total.